The maximum atomic E-state index is 11.6. The van der Waals surface area contributed by atoms with E-state index >= 15 is 0 Å². The first-order chi connectivity index (χ1) is 15.4. The van der Waals surface area contributed by atoms with Gasteiger partial charge < -0.3 is 9.84 Å². The first kappa shape index (κ1) is 27.5. The Bertz CT molecular complexity index is 804. The Morgan fingerprint density at radius 1 is 0.970 bits per heavy atom. The molecule has 0 aromatic heterocycles. The summed E-state index contributed by atoms with van der Waals surface area (Å²) in [4.78, 5) is 11.1. The quantitative estimate of drug-likeness (QED) is 0.236. The predicted octanol–water partition coefficient (Wildman–Crippen LogP) is 8.44. The molecule has 3 atom stereocenters. The number of benzene rings is 1. The van der Waals surface area contributed by atoms with Crippen LogP contribution < -0.4 is 4.74 Å². The molecule has 0 saturated heterocycles. The SMILES string of the molecule is Cc1c(C)c2c(c([N+](=O)[O-])c1O)CC[C@@](C)(CCCC(C)CCCC(C)CCCC(C)C)O2. The number of phenolic OH excluding ortho intramolecular Hbond substituents is 1. The molecule has 2 rings (SSSR count). The molecule has 1 aromatic rings. The van der Waals surface area contributed by atoms with Crippen molar-refractivity contribution < 1.29 is 14.8 Å². The van der Waals surface area contributed by atoms with Crippen LogP contribution in [0.2, 0.25) is 0 Å². The van der Waals surface area contributed by atoms with Gasteiger partial charge in [-0.3, -0.25) is 10.1 Å². The first-order valence-electron chi connectivity index (χ1n) is 13.1. The Balaban J connectivity index is 1.82. The number of aromatic hydroxyl groups is 1. The van der Waals surface area contributed by atoms with Crippen molar-refractivity contribution >= 4 is 5.69 Å². The Morgan fingerprint density at radius 2 is 1.52 bits per heavy atom. The zero-order valence-electron chi connectivity index (χ0n) is 22.1. The third-order valence-corrected chi connectivity index (χ3v) is 7.75. The van der Waals surface area contributed by atoms with Crippen molar-refractivity contribution in [3.05, 3.63) is 26.8 Å². The predicted molar refractivity (Wildman–Crippen MR) is 136 cm³/mol. The molecule has 2 unspecified atom stereocenters. The van der Waals surface area contributed by atoms with Crippen LogP contribution in [-0.4, -0.2) is 15.6 Å². The second-order valence-corrected chi connectivity index (χ2v) is 11.4. The highest BCUT2D eigenvalue weighted by atomic mass is 16.6. The molecule has 0 spiro atoms. The van der Waals surface area contributed by atoms with Gasteiger partial charge >= 0.3 is 5.69 Å². The summed E-state index contributed by atoms with van der Waals surface area (Å²) in [6.45, 7) is 15.1. The van der Waals surface area contributed by atoms with Crippen LogP contribution in [0.4, 0.5) is 5.69 Å². The largest absolute Gasteiger partial charge is 0.502 e. The molecule has 0 aliphatic carbocycles. The minimum absolute atomic E-state index is 0.179. The van der Waals surface area contributed by atoms with E-state index in [0.29, 0.717) is 29.2 Å². The van der Waals surface area contributed by atoms with Gasteiger partial charge in [-0.2, -0.15) is 0 Å². The third-order valence-electron chi connectivity index (χ3n) is 7.75. The Morgan fingerprint density at radius 3 is 2.06 bits per heavy atom. The van der Waals surface area contributed by atoms with E-state index in [1.165, 1.54) is 44.9 Å². The molecule has 5 nitrogen and oxygen atoms in total. The van der Waals surface area contributed by atoms with Gasteiger partial charge in [0.2, 0.25) is 0 Å². The van der Waals surface area contributed by atoms with Gasteiger partial charge in [-0.1, -0.05) is 72.6 Å². The van der Waals surface area contributed by atoms with E-state index in [4.69, 9.17) is 4.74 Å². The number of hydrogen-bond donors (Lipinski definition) is 1. The topological polar surface area (TPSA) is 72.6 Å². The van der Waals surface area contributed by atoms with E-state index in [-0.39, 0.29) is 17.0 Å². The Kier molecular flexibility index (Phi) is 10.1. The lowest BCUT2D eigenvalue weighted by Gasteiger charge is -2.37. The Labute approximate surface area is 201 Å². The summed E-state index contributed by atoms with van der Waals surface area (Å²) >= 11 is 0. The van der Waals surface area contributed by atoms with E-state index < -0.39 is 4.92 Å². The lowest BCUT2D eigenvalue weighted by atomic mass is 9.84. The van der Waals surface area contributed by atoms with Gasteiger partial charge in [0.25, 0.3) is 0 Å². The van der Waals surface area contributed by atoms with Crippen LogP contribution >= 0.6 is 0 Å². The highest BCUT2D eigenvalue weighted by molar-refractivity contribution is 5.66. The fourth-order valence-electron chi connectivity index (χ4n) is 5.23. The number of nitro benzene ring substituents is 1. The second kappa shape index (κ2) is 12.1. The molecule has 0 saturated carbocycles. The van der Waals surface area contributed by atoms with Crippen LogP contribution in [0.1, 0.15) is 116 Å². The number of nitro groups is 1. The molecule has 5 heteroatoms. The zero-order valence-corrected chi connectivity index (χ0v) is 22.1. The summed E-state index contributed by atoms with van der Waals surface area (Å²) < 4.78 is 6.41. The monoisotopic (exact) mass is 461 g/mol. The van der Waals surface area contributed by atoms with Crippen molar-refractivity contribution in [1.29, 1.82) is 0 Å². The van der Waals surface area contributed by atoms with Gasteiger partial charge in [0.1, 0.15) is 11.4 Å². The lowest BCUT2D eigenvalue weighted by molar-refractivity contribution is -0.386. The third kappa shape index (κ3) is 7.61. The van der Waals surface area contributed by atoms with Crippen LogP contribution in [0.25, 0.3) is 0 Å². The first-order valence-corrected chi connectivity index (χ1v) is 13.1. The smallest absolute Gasteiger partial charge is 0.317 e. The average Bonchev–Trinajstić information content (AvgIpc) is 2.72. The minimum atomic E-state index is -0.473. The highest BCUT2D eigenvalue weighted by Gasteiger charge is 2.38. The zero-order chi connectivity index (χ0) is 24.8. The molecule has 1 aliphatic heterocycles. The fraction of sp³-hybridized carbons (Fsp3) is 0.786. The summed E-state index contributed by atoms with van der Waals surface area (Å²) in [5, 5.41) is 21.9. The molecule has 0 radical (unpaired) electrons. The summed E-state index contributed by atoms with van der Waals surface area (Å²) in [6.07, 6.45) is 12.6. The van der Waals surface area contributed by atoms with Crippen molar-refractivity contribution in [1.82, 2.24) is 0 Å². The number of phenols is 1. The highest BCUT2D eigenvalue weighted by Crippen LogP contribution is 2.48. The maximum absolute atomic E-state index is 11.6. The average molecular weight is 462 g/mol. The molecule has 1 N–H and O–H groups in total. The number of fused-ring (bicyclic) bond motifs is 1. The van der Waals surface area contributed by atoms with Crippen LogP contribution in [0.15, 0.2) is 0 Å². The number of rotatable bonds is 13. The molecule has 0 fully saturated rings. The van der Waals surface area contributed by atoms with Gasteiger partial charge in [-0.05, 0) is 69.8 Å². The summed E-state index contributed by atoms with van der Waals surface area (Å²) in [7, 11) is 0. The van der Waals surface area contributed by atoms with Crippen LogP contribution in [-0.2, 0) is 6.42 Å². The fourth-order valence-corrected chi connectivity index (χ4v) is 5.23. The van der Waals surface area contributed by atoms with Crippen molar-refractivity contribution in [2.75, 3.05) is 0 Å². The normalized spacial score (nSPS) is 19.8. The molecule has 188 valence electrons. The van der Waals surface area contributed by atoms with Gasteiger partial charge in [0.05, 0.1) is 10.5 Å². The van der Waals surface area contributed by atoms with Gasteiger partial charge in [-0.25, -0.2) is 0 Å². The molecular weight excluding hydrogens is 414 g/mol. The lowest BCUT2D eigenvalue weighted by Crippen LogP contribution is -2.37. The van der Waals surface area contributed by atoms with Crippen molar-refractivity contribution in [2.24, 2.45) is 17.8 Å². The standard InChI is InChI=1S/C28H47NO4/c1-19(2)11-8-12-20(3)13-9-14-21(4)15-10-17-28(7)18-16-24-25(29(31)32)26(30)22(5)23(6)27(24)33-28/h19-21,30H,8-18H2,1-7H3/t20?,21?,28-/m1/s1. The van der Waals surface area contributed by atoms with Crippen LogP contribution in [0.5, 0.6) is 11.5 Å². The van der Waals surface area contributed by atoms with E-state index in [2.05, 4.69) is 34.6 Å². The van der Waals surface area contributed by atoms with E-state index in [1.807, 2.05) is 6.92 Å². The summed E-state index contributed by atoms with van der Waals surface area (Å²) in [6, 6.07) is 0. The second-order valence-electron chi connectivity index (χ2n) is 11.4. The van der Waals surface area contributed by atoms with Crippen molar-refractivity contribution in [3.8, 4) is 11.5 Å². The maximum Gasteiger partial charge on any atom is 0.317 e. The van der Waals surface area contributed by atoms with Crippen LogP contribution in [0.3, 0.4) is 0 Å². The van der Waals surface area contributed by atoms with E-state index in [9.17, 15) is 15.2 Å². The van der Waals surface area contributed by atoms with E-state index in [1.54, 1.807) is 6.92 Å². The van der Waals surface area contributed by atoms with Gasteiger partial charge in [0, 0.05) is 5.56 Å². The number of nitrogens with zero attached hydrogens (tertiary/aromatic N) is 1. The number of ether oxygens (including phenoxy) is 1. The van der Waals surface area contributed by atoms with Crippen molar-refractivity contribution in [3.63, 3.8) is 0 Å². The molecule has 1 heterocycles. The number of hydrogen-bond acceptors (Lipinski definition) is 4. The summed E-state index contributed by atoms with van der Waals surface area (Å²) in [5.41, 5.74) is 1.42. The molecule has 33 heavy (non-hydrogen) atoms. The van der Waals surface area contributed by atoms with Gasteiger partial charge in [0.15, 0.2) is 5.75 Å². The Hall–Kier alpha value is -1.78. The molecule has 1 aliphatic rings. The summed E-state index contributed by atoms with van der Waals surface area (Å²) in [5.74, 6) is 2.77. The molecule has 1 aromatic carbocycles. The van der Waals surface area contributed by atoms with Crippen LogP contribution in [0, 0.1) is 41.7 Å². The molecule has 0 bridgehead atoms. The van der Waals surface area contributed by atoms with E-state index in [0.717, 1.165) is 36.7 Å². The van der Waals surface area contributed by atoms with Gasteiger partial charge in [-0.15, -0.1) is 0 Å². The van der Waals surface area contributed by atoms with Crippen molar-refractivity contribution in [2.45, 2.75) is 125 Å². The minimum Gasteiger partial charge on any atom is -0.502 e. The molecule has 0 amide bonds. The molecular formula is C28H47NO4.